The third kappa shape index (κ3) is 2.43. The molecule has 0 aromatic carbocycles. The van der Waals surface area contributed by atoms with Crippen LogP contribution in [0.1, 0.15) is 44.9 Å². The molecule has 0 spiro atoms. The van der Waals surface area contributed by atoms with Gasteiger partial charge in [-0.05, 0) is 38.5 Å². The third-order valence-electron chi connectivity index (χ3n) is 7.31. The van der Waals surface area contributed by atoms with Gasteiger partial charge in [-0.1, -0.05) is 0 Å². The summed E-state index contributed by atoms with van der Waals surface area (Å²) in [5.74, 6) is -0.804. The van der Waals surface area contributed by atoms with Gasteiger partial charge in [0.15, 0.2) is 0 Å². The van der Waals surface area contributed by atoms with Gasteiger partial charge in [-0.2, -0.15) is 0 Å². The highest BCUT2D eigenvalue weighted by molar-refractivity contribution is 6.06. The summed E-state index contributed by atoms with van der Waals surface area (Å²) in [7, 11) is 1.87. The van der Waals surface area contributed by atoms with Gasteiger partial charge in [0, 0.05) is 38.1 Å². The summed E-state index contributed by atoms with van der Waals surface area (Å²) in [6, 6.07) is 1.34. The van der Waals surface area contributed by atoms with E-state index in [-0.39, 0.29) is 60.8 Å². The Morgan fingerprint density at radius 1 is 1.08 bits per heavy atom. The molecule has 26 heavy (non-hydrogen) atoms. The molecule has 6 unspecified atom stereocenters. The summed E-state index contributed by atoms with van der Waals surface area (Å²) < 4.78 is 5.75. The first-order valence-corrected chi connectivity index (χ1v) is 10.1. The van der Waals surface area contributed by atoms with E-state index in [0.29, 0.717) is 12.1 Å². The van der Waals surface area contributed by atoms with Crippen LogP contribution in [0, 0.1) is 11.8 Å². The number of ether oxygens (including phenoxy) is 1. The summed E-state index contributed by atoms with van der Waals surface area (Å²) in [4.78, 5) is 41.2. The summed E-state index contributed by atoms with van der Waals surface area (Å²) >= 11 is 0. The molecule has 0 saturated carbocycles. The number of hydrogen-bond acceptors (Lipinski definition) is 5. The van der Waals surface area contributed by atoms with Crippen LogP contribution >= 0.6 is 0 Å². The number of fused-ring (bicyclic) bond motifs is 7. The summed E-state index contributed by atoms with van der Waals surface area (Å²) in [5.41, 5.74) is 0. The van der Waals surface area contributed by atoms with E-state index in [4.69, 9.17) is 4.74 Å². The molecule has 3 amide bonds. The van der Waals surface area contributed by atoms with Crippen LogP contribution in [0.4, 0.5) is 0 Å². The van der Waals surface area contributed by atoms with Crippen molar-refractivity contribution in [2.45, 2.75) is 75.3 Å². The quantitative estimate of drug-likeness (QED) is 0.728. The van der Waals surface area contributed by atoms with Crippen molar-refractivity contribution in [1.29, 1.82) is 0 Å². The summed E-state index contributed by atoms with van der Waals surface area (Å²) in [6.07, 6.45) is 6.21. The highest BCUT2D eigenvalue weighted by atomic mass is 16.5. The third-order valence-corrected chi connectivity index (χ3v) is 7.31. The molecule has 5 heterocycles. The van der Waals surface area contributed by atoms with E-state index in [1.165, 1.54) is 17.7 Å². The second-order valence-corrected chi connectivity index (χ2v) is 8.69. The molecule has 0 aliphatic carbocycles. The first kappa shape index (κ1) is 16.7. The van der Waals surface area contributed by atoms with Crippen LogP contribution in [0.15, 0.2) is 0 Å². The van der Waals surface area contributed by atoms with Crippen LogP contribution in [0.5, 0.6) is 0 Å². The predicted molar refractivity (Wildman–Crippen MR) is 91.9 cm³/mol. The molecule has 7 heteroatoms. The lowest BCUT2D eigenvalue weighted by atomic mass is 9.81. The second-order valence-electron chi connectivity index (χ2n) is 8.69. The average Bonchev–Trinajstić information content (AvgIpc) is 3.38. The molecule has 0 aromatic rings. The van der Waals surface area contributed by atoms with Crippen LogP contribution in [0.3, 0.4) is 0 Å². The van der Waals surface area contributed by atoms with Crippen molar-refractivity contribution in [2.24, 2.45) is 11.8 Å². The lowest BCUT2D eigenvalue weighted by Crippen LogP contribution is -2.49. The number of nitrogens with zero attached hydrogens (tertiary/aromatic N) is 2. The minimum absolute atomic E-state index is 0.0354. The van der Waals surface area contributed by atoms with Crippen LogP contribution < -0.4 is 5.32 Å². The van der Waals surface area contributed by atoms with Crippen LogP contribution in [-0.2, 0) is 19.1 Å². The zero-order chi connectivity index (χ0) is 18.0. The Kier molecular flexibility index (Phi) is 3.87. The van der Waals surface area contributed by atoms with Crippen molar-refractivity contribution >= 4 is 17.7 Å². The van der Waals surface area contributed by atoms with Crippen molar-refractivity contribution in [2.75, 3.05) is 13.6 Å². The number of carbonyl (C=O) groups is 3. The van der Waals surface area contributed by atoms with E-state index in [0.717, 1.165) is 25.7 Å². The fourth-order valence-corrected chi connectivity index (χ4v) is 5.93. The molecule has 4 bridgehead atoms. The fourth-order valence-electron chi connectivity index (χ4n) is 5.93. The molecule has 0 radical (unpaired) electrons. The highest BCUT2D eigenvalue weighted by Crippen LogP contribution is 2.48. The van der Waals surface area contributed by atoms with Crippen LogP contribution in [0.25, 0.3) is 0 Å². The molecule has 5 aliphatic rings. The molecule has 142 valence electrons. The van der Waals surface area contributed by atoms with E-state index in [1.54, 1.807) is 0 Å². The van der Waals surface area contributed by atoms with Crippen LogP contribution in [-0.4, -0.2) is 71.4 Å². The van der Waals surface area contributed by atoms with Crippen molar-refractivity contribution in [3.8, 4) is 0 Å². The number of amides is 3. The number of carbonyl (C=O) groups excluding carboxylic acids is 3. The molecule has 6 atom stereocenters. The normalized spacial score (nSPS) is 43.3. The van der Waals surface area contributed by atoms with Gasteiger partial charge in [0.2, 0.25) is 17.7 Å². The smallest absolute Gasteiger partial charge is 0.235 e. The topological polar surface area (TPSA) is 79.0 Å². The van der Waals surface area contributed by atoms with Gasteiger partial charge in [-0.3, -0.25) is 19.3 Å². The van der Waals surface area contributed by atoms with Gasteiger partial charge in [0.1, 0.15) is 0 Å². The number of imide groups is 1. The molecule has 0 aromatic heterocycles. The summed E-state index contributed by atoms with van der Waals surface area (Å²) in [6.45, 7) is 0.213. The fraction of sp³-hybridized carbons (Fsp3) is 0.842. The Morgan fingerprint density at radius 2 is 1.65 bits per heavy atom. The van der Waals surface area contributed by atoms with Crippen molar-refractivity contribution in [3.63, 3.8) is 0 Å². The molecule has 5 rings (SSSR count). The number of rotatable bonds is 4. The van der Waals surface area contributed by atoms with Gasteiger partial charge in [0.25, 0.3) is 0 Å². The molecule has 1 N–H and O–H groups in total. The lowest BCUT2D eigenvalue weighted by Gasteiger charge is -2.35. The molecule has 5 saturated heterocycles. The number of piperidine rings is 1. The van der Waals surface area contributed by atoms with Gasteiger partial charge in [-0.15, -0.1) is 0 Å². The van der Waals surface area contributed by atoms with E-state index >= 15 is 0 Å². The van der Waals surface area contributed by atoms with E-state index in [9.17, 15) is 14.4 Å². The van der Waals surface area contributed by atoms with Gasteiger partial charge < -0.3 is 15.0 Å². The number of nitrogens with one attached hydrogen (secondary N) is 1. The Balaban J connectivity index is 1.19. The lowest BCUT2D eigenvalue weighted by molar-refractivity contribution is -0.143. The Morgan fingerprint density at radius 3 is 2.23 bits per heavy atom. The molecular formula is C19H27N3O4. The van der Waals surface area contributed by atoms with E-state index in [2.05, 4.69) is 5.32 Å². The maximum absolute atomic E-state index is 12.7. The van der Waals surface area contributed by atoms with Crippen molar-refractivity contribution in [3.05, 3.63) is 0 Å². The highest BCUT2D eigenvalue weighted by Gasteiger charge is 2.62. The standard InChI is InChI=1S/C19H27N3O4/c1-21(12-8-10-2-3-11(9-12)20-10)15(23)6-7-22-18(24)16-13-4-5-14(26-13)17(16)19(22)25/h10-14,16-17,20H,2-9H2,1H3. The van der Waals surface area contributed by atoms with Crippen molar-refractivity contribution in [1.82, 2.24) is 15.1 Å². The van der Waals surface area contributed by atoms with E-state index in [1.807, 2.05) is 11.9 Å². The average molecular weight is 361 g/mol. The molecule has 7 nitrogen and oxygen atoms in total. The maximum atomic E-state index is 12.7. The zero-order valence-electron chi connectivity index (χ0n) is 15.2. The maximum Gasteiger partial charge on any atom is 0.235 e. The van der Waals surface area contributed by atoms with Crippen LogP contribution in [0.2, 0.25) is 0 Å². The largest absolute Gasteiger partial charge is 0.373 e. The SMILES string of the molecule is CN(C(=O)CCN1C(=O)C2C3CCC(O3)C2C1=O)C1CC2CCC(C1)N2. The second kappa shape index (κ2) is 6.02. The Labute approximate surface area is 153 Å². The predicted octanol–water partition coefficient (Wildman–Crippen LogP) is 0.280. The van der Waals surface area contributed by atoms with Gasteiger partial charge in [-0.25, -0.2) is 0 Å². The number of likely N-dealkylation sites (tertiary alicyclic amines) is 1. The van der Waals surface area contributed by atoms with Crippen molar-refractivity contribution < 1.29 is 19.1 Å². The first-order chi connectivity index (χ1) is 12.5. The Hall–Kier alpha value is -1.47. The minimum atomic E-state index is -0.297. The van der Waals surface area contributed by atoms with Gasteiger partial charge >= 0.3 is 0 Å². The first-order valence-electron chi connectivity index (χ1n) is 10.1. The van der Waals surface area contributed by atoms with Gasteiger partial charge in [0.05, 0.1) is 24.0 Å². The molecule has 5 fully saturated rings. The Bertz CT molecular complexity index is 613. The van der Waals surface area contributed by atoms with E-state index < -0.39 is 0 Å². The number of hydrogen-bond donors (Lipinski definition) is 1. The minimum Gasteiger partial charge on any atom is -0.373 e. The molecular weight excluding hydrogens is 334 g/mol. The zero-order valence-corrected chi connectivity index (χ0v) is 15.2. The monoisotopic (exact) mass is 361 g/mol. The molecule has 5 aliphatic heterocycles. The summed E-state index contributed by atoms with van der Waals surface area (Å²) in [5, 5.41) is 3.59.